The minimum absolute atomic E-state index is 0.481. The zero-order valence-electron chi connectivity index (χ0n) is 16.9. The number of amidine groups is 1. The molecule has 0 saturated carbocycles. The van der Waals surface area contributed by atoms with E-state index in [2.05, 4.69) is 28.3 Å². The Hall–Kier alpha value is -2.40. The average molecular weight is 383 g/mol. The first kappa shape index (κ1) is 20.3. The van der Waals surface area contributed by atoms with Crippen molar-refractivity contribution >= 4 is 28.8 Å². The molecule has 6 nitrogen and oxygen atoms in total. The summed E-state index contributed by atoms with van der Waals surface area (Å²) in [6.45, 7) is 6.66. The second kappa shape index (κ2) is 10.2. The van der Waals surface area contributed by atoms with Crippen molar-refractivity contribution < 1.29 is 4.74 Å². The van der Waals surface area contributed by atoms with Crippen LogP contribution in [0.3, 0.4) is 0 Å². The van der Waals surface area contributed by atoms with Crippen LogP contribution in [-0.2, 0) is 4.74 Å². The Kier molecular flexibility index (Phi) is 7.43. The number of anilines is 1. The first-order chi connectivity index (χ1) is 13.7. The molecule has 4 N–H and O–H groups in total. The Morgan fingerprint density at radius 1 is 1.36 bits per heavy atom. The minimum atomic E-state index is 0.481. The topological polar surface area (TPSA) is 86.3 Å². The van der Waals surface area contributed by atoms with Gasteiger partial charge in [0.05, 0.1) is 5.52 Å². The highest BCUT2D eigenvalue weighted by Gasteiger charge is 2.18. The summed E-state index contributed by atoms with van der Waals surface area (Å²) in [7, 11) is 0. The van der Waals surface area contributed by atoms with Crippen molar-refractivity contribution in [3.05, 3.63) is 35.9 Å². The van der Waals surface area contributed by atoms with Crippen molar-refractivity contribution in [2.75, 3.05) is 25.1 Å². The van der Waals surface area contributed by atoms with Gasteiger partial charge >= 0.3 is 5.84 Å². The Bertz CT molecular complexity index is 838. The van der Waals surface area contributed by atoms with Gasteiger partial charge in [-0.3, -0.25) is 5.73 Å². The molecule has 1 fully saturated rings. The molecule has 28 heavy (non-hydrogen) atoms. The van der Waals surface area contributed by atoms with E-state index in [9.17, 15) is 0 Å². The van der Waals surface area contributed by atoms with Crippen molar-refractivity contribution in [3.8, 4) is 0 Å². The fourth-order valence-corrected chi connectivity index (χ4v) is 3.62. The van der Waals surface area contributed by atoms with Gasteiger partial charge in [-0.15, -0.1) is 0 Å². The molecule has 0 radical (unpaired) electrons. The number of hydrogen-bond acceptors (Lipinski definition) is 4. The Balaban J connectivity index is 1.69. The third kappa shape index (κ3) is 5.32. The Labute approximate surface area is 167 Å². The number of nitrogens with one attached hydrogen (secondary N) is 2. The average Bonchev–Trinajstić information content (AvgIpc) is 2.73. The van der Waals surface area contributed by atoms with Crippen LogP contribution in [0.4, 0.5) is 5.82 Å². The van der Waals surface area contributed by atoms with Crippen LogP contribution in [0.25, 0.3) is 10.9 Å². The molecular formula is C22H32N5O+. The van der Waals surface area contributed by atoms with E-state index in [0.717, 1.165) is 67.7 Å². The quantitative estimate of drug-likeness (QED) is 0.371. The van der Waals surface area contributed by atoms with Gasteiger partial charge in [-0.1, -0.05) is 25.1 Å². The highest BCUT2D eigenvalue weighted by atomic mass is 16.5. The molecule has 0 aliphatic carbocycles. The van der Waals surface area contributed by atoms with Crippen molar-refractivity contribution in [3.63, 3.8) is 0 Å². The maximum Gasteiger partial charge on any atom is 0.376 e. The smallest absolute Gasteiger partial charge is 0.376 e. The molecule has 1 aliphatic rings. The predicted molar refractivity (Wildman–Crippen MR) is 118 cm³/mol. The molecule has 1 atom stereocenters. The van der Waals surface area contributed by atoms with Gasteiger partial charge < -0.3 is 15.4 Å². The van der Waals surface area contributed by atoms with E-state index in [0.29, 0.717) is 17.9 Å². The van der Waals surface area contributed by atoms with Crippen LogP contribution < -0.4 is 21.0 Å². The van der Waals surface area contributed by atoms with Gasteiger partial charge in [0, 0.05) is 44.2 Å². The van der Waals surface area contributed by atoms with E-state index in [1.807, 2.05) is 31.2 Å². The lowest BCUT2D eigenvalue weighted by Gasteiger charge is -2.28. The molecule has 0 spiro atoms. The van der Waals surface area contributed by atoms with Crippen LogP contribution in [0, 0.1) is 0 Å². The molecule has 1 aliphatic heterocycles. The minimum Gasteiger partial charge on any atom is -0.381 e. The maximum absolute atomic E-state index is 6.19. The van der Waals surface area contributed by atoms with E-state index in [1.54, 1.807) is 6.21 Å². The Morgan fingerprint density at radius 3 is 2.89 bits per heavy atom. The van der Waals surface area contributed by atoms with E-state index in [1.165, 1.54) is 0 Å². The second-order valence-corrected chi connectivity index (χ2v) is 7.22. The van der Waals surface area contributed by atoms with Crippen LogP contribution in [0.15, 0.2) is 30.3 Å². The van der Waals surface area contributed by atoms with Gasteiger partial charge in [0.2, 0.25) is 0 Å². The molecular weight excluding hydrogens is 350 g/mol. The number of hydrogen-bond donors (Lipinski definition) is 3. The molecule has 0 amide bonds. The van der Waals surface area contributed by atoms with Crippen LogP contribution in [0.5, 0.6) is 0 Å². The number of nitrogens with two attached hydrogens (primary N) is 1. The summed E-state index contributed by atoms with van der Waals surface area (Å²) in [6.07, 6.45) is 6.03. The fraction of sp³-hybridized carbons (Fsp3) is 0.500. The number of nitrogens with zero attached hydrogens (tertiary/aromatic N) is 2. The number of fused-ring (bicyclic) bond motifs is 1. The highest BCUT2D eigenvalue weighted by molar-refractivity contribution is 6.04. The number of rotatable bonds is 8. The summed E-state index contributed by atoms with van der Waals surface area (Å²) >= 11 is 0. The van der Waals surface area contributed by atoms with E-state index >= 15 is 0 Å². The third-order valence-electron chi connectivity index (χ3n) is 5.24. The third-order valence-corrected chi connectivity index (χ3v) is 5.24. The van der Waals surface area contributed by atoms with Gasteiger partial charge in [-0.2, -0.15) is 0 Å². The van der Waals surface area contributed by atoms with Crippen LogP contribution in [-0.4, -0.2) is 48.9 Å². The van der Waals surface area contributed by atoms with E-state index in [4.69, 9.17) is 15.5 Å². The number of ether oxygens (including phenoxy) is 1. The molecule has 1 saturated heterocycles. The molecule has 3 rings (SSSR count). The molecule has 0 bridgehead atoms. The SMILES string of the molecule is CC=[N+]=C(N)c1cc2ccccc2nc1NCCC(CC)NC1CCOCC1. The lowest BCUT2D eigenvalue weighted by molar-refractivity contribution is 0.0745. The van der Waals surface area contributed by atoms with Crippen LogP contribution >= 0.6 is 0 Å². The largest absolute Gasteiger partial charge is 0.381 e. The lowest BCUT2D eigenvalue weighted by atomic mass is 10.0. The van der Waals surface area contributed by atoms with Gasteiger partial charge in [0.1, 0.15) is 11.4 Å². The standard InChI is InChI=1S/C22H31N5O/c1-3-17(26-18-10-13-28-14-11-18)9-12-25-22-19(21(23)24-4-2)15-16-7-5-6-8-20(16)27-22/h4-8,15,17-18,26H,3,9-14H2,1-2H3,(H2,23,25,27)/p+1. The molecule has 1 aromatic carbocycles. The molecule has 6 heteroatoms. The number of benzene rings is 1. The van der Waals surface area contributed by atoms with Crippen molar-refractivity contribution in [1.82, 2.24) is 15.0 Å². The van der Waals surface area contributed by atoms with Gasteiger partial charge in [0.25, 0.3) is 0 Å². The summed E-state index contributed by atoms with van der Waals surface area (Å²) in [4.78, 5) is 4.79. The zero-order chi connectivity index (χ0) is 19.8. The van der Waals surface area contributed by atoms with Crippen molar-refractivity contribution in [2.45, 2.75) is 51.6 Å². The molecule has 2 heterocycles. The number of aromatic nitrogens is 1. The molecule has 1 unspecified atom stereocenters. The number of pyridine rings is 1. The summed E-state index contributed by atoms with van der Waals surface area (Å²) in [5.74, 6) is 1.28. The van der Waals surface area contributed by atoms with Gasteiger partial charge in [-0.25, -0.2) is 9.65 Å². The van der Waals surface area contributed by atoms with Crippen molar-refractivity contribution in [1.29, 1.82) is 0 Å². The van der Waals surface area contributed by atoms with Gasteiger partial charge in [-0.05, 0) is 37.8 Å². The summed E-state index contributed by atoms with van der Waals surface area (Å²) in [5, 5.41) is 8.34. The highest BCUT2D eigenvalue weighted by Crippen LogP contribution is 2.20. The first-order valence-electron chi connectivity index (χ1n) is 10.3. The Morgan fingerprint density at radius 2 is 2.14 bits per heavy atom. The maximum atomic E-state index is 6.19. The normalized spacial score (nSPS) is 15.8. The molecule has 150 valence electrons. The second-order valence-electron chi connectivity index (χ2n) is 7.22. The molecule has 2 aromatic rings. The summed E-state index contributed by atoms with van der Waals surface area (Å²) in [5.41, 5.74) is 8.00. The van der Waals surface area contributed by atoms with Crippen LogP contribution in [0.1, 0.15) is 45.1 Å². The predicted octanol–water partition coefficient (Wildman–Crippen LogP) is 2.45. The lowest BCUT2D eigenvalue weighted by Crippen LogP contribution is -2.42. The van der Waals surface area contributed by atoms with E-state index < -0.39 is 0 Å². The van der Waals surface area contributed by atoms with Gasteiger partial charge in [0.15, 0.2) is 6.21 Å². The molecule has 1 aromatic heterocycles. The summed E-state index contributed by atoms with van der Waals surface area (Å²) < 4.78 is 9.72. The summed E-state index contributed by atoms with van der Waals surface area (Å²) in [6, 6.07) is 11.2. The zero-order valence-corrected chi connectivity index (χ0v) is 16.9. The fourth-order valence-electron chi connectivity index (χ4n) is 3.62. The van der Waals surface area contributed by atoms with Crippen molar-refractivity contribution in [2.24, 2.45) is 5.73 Å². The first-order valence-corrected chi connectivity index (χ1v) is 10.3. The van der Waals surface area contributed by atoms with E-state index in [-0.39, 0.29) is 0 Å². The number of para-hydroxylation sites is 1. The monoisotopic (exact) mass is 382 g/mol. The van der Waals surface area contributed by atoms with Crippen LogP contribution in [0.2, 0.25) is 0 Å².